The first kappa shape index (κ1) is 24.1. The quantitative estimate of drug-likeness (QED) is 0.407. The average Bonchev–Trinajstić information content (AvgIpc) is 3.07. The van der Waals surface area contributed by atoms with Crippen LogP contribution in [-0.4, -0.2) is 66.7 Å². The van der Waals surface area contributed by atoms with Crippen LogP contribution in [0.25, 0.3) is 0 Å². The number of amidine groups is 1. The van der Waals surface area contributed by atoms with Crippen molar-refractivity contribution < 1.29 is 14.3 Å². The van der Waals surface area contributed by atoms with Crippen molar-refractivity contribution in [3.8, 4) is 10.8 Å². The van der Waals surface area contributed by atoms with E-state index in [-0.39, 0.29) is 5.97 Å². The zero-order chi connectivity index (χ0) is 23.8. The minimum atomic E-state index is -0.523. The molecule has 8 heteroatoms. The molecular weight excluding hydrogens is 454 g/mol. The van der Waals surface area contributed by atoms with Gasteiger partial charge in [0.15, 0.2) is 10.8 Å². The van der Waals surface area contributed by atoms with Crippen molar-refractivity contribution in [3.63, 3.8) is 0 Å². The van der Waals surface area contributed by atoms with E-state index in [1.807, 2.05) is 31.7 Å². The van der Waals surface area contributed by atoms with Crippen LogP contribution >= 0.6 is 23.1 Å². The van der Waals surface area contributed by atoms with Gasteiger partial charge < -0.3 is 14.4 Å². The van der Waals surface area contributed by atoms with Crippen molar-refractivity contribution >= 4 is 40.6 Å². The van der Waals surface area contributed by atoms with Crippen LogP contribution in [0.15, 0.2) is 33.5 Å². The topological polar surface area (TPSA) is 54.4 Å². The van der Waals surface area contributed by atoms with Crippen LogP contribution in [0.2, 0.25) is 0 Å². The number of rotatable bonds is 5. The van der Waals surface area contributed by atoms with E-state index in [4.69, 9.17) is 14.5 Å². The number of nitrogens with zero attached hydrogens (tertiary/aromatic N) is 3. The number of piperazine rings is 1. The normalized spacial score (nSPS) is 16.6. The van der Waals surface area contributed by atoms with Gasteiger partial charge in [-0.3, -0.25) is 9.69 Å². The van der Waals surface area contributed by atoms with E-state index in [1.54, 1.807) is 11.3 Å². The van der Waals surface area contributed by atoms with E-state index < -0.39 is 5.41 Å². The number of hydrogen-bond acceptors (Lipinski definition) is 8. The number of carbonyl (C=O) groups excluding carboxylic acids is 1. The number of benzene rings is 1. The molecule has 0 spiro atoms. The molecule has 2 aliphatic heterocycles. The molecule has 4 rings (SSSR count). The maximum Gasteiger partial charge on any atom is 0.312 e. The Balaban J connectivity index is 1.59. The molecule has 0 atom stereocenters. The number of fused-ring (bicyclic) bond motifs is 2. The minimum absolute atomic E-state index is 0.166. The van der Waals surface area contributed by atoms with Gasteiger partial charge in [-0.1, -0.05) is 31.3 Å². The number of carbonyl (C=O) groups is 1. The van der Waals surface area contributed by atoms with E-state index in [0.717, 1.165) is 59.6 Å². The van der Waals surface area contributed by atoms with E-state index in [2.05, 4.69) is 48.8 Å². The molecule has 0 unspecified atom stereocenters. The highest BCUT2D eigenvalue weighted by molar-refractivity contribution is 8.01. The number of aryl methyl sites for hydroxylation is 1. The number of ether oxygens (including phenoxy) is 2. The number of aliphatic imine (C=N–C) groups is 1. The Kier molecular flexibility index (Phi) is 7.07. The summed E-state index contributed by atoms with van der Waals surface area (Å²) in [6.45, 7) is 14.5. The number of esters is 1. The van der Waals surface area contributed by atoms with Crippen molar-refractivity contribution in [2.45, 2.75) is 44.1 Å². The Hall–Kier alpha value is -2.03. The highest BCUT2D eigenvalue weighted by Crippen LogP contribution is 2.46. The molecule has 0 aliphatic carbocycles. The summed E-state index contributed by atoms with van der Waals surface area (Å²) in [6.07, 6.45) is 0. The van der Waals surface area contributed by atoms with E-state index in [0.29, 0.717) is 11.8 Å². The summed E-state index contributed by atoms with van der Waals surface area (Å²) in [4.78, 5) is 21.9. The fraction of sp³-hybridized carbons (Fsp3) is 0.520. The Labute approximate surface area is 205 Å². The first-order valence-corrected chi connectivity index (χ1v) is 13.1. The second kappa shape index (κ2) is 9.68. The van der Waals surface area contributed by atoms with Crippen LogP contribution in [0.3, 0.4) is 0 Å². The molecular formula is C25H33N3O3S2. The van der Waals surface area contributed by atoms with Crippen LogP contribution in [0.1, 0.15) is 38.8 Å². The van der Waals surface area contributed by atoms with Gasteiger partial charge in [0.25, 0.3) is 0 Å². The minimum Gasteiger partial charge on any atom is -0.469 e. The second-order valence-corrected chi connectivity index (χ2v) is 12.5. The smallest absolute Gasteiger partial charge is 0.312 e. The van der Waals surface area contributed by atoms with Gasteiger partial charge in [-0.2, -0.15) is 0 Å². The van der Waals surface area contributed by atoms with Gasteiger partial charge in [-0.05, 0) is 44.5 Å². The van der Waals surface area contributed by atoms with E-state index in [1.165, 1.54) is 11.3 Å². The summed E-state index contributed by atoms with van der Waals surface area (Å²) in [5, 5.41) is 1.42. The standard InChI is InChI=1S/C25H33N3O3S2/c1-16(2)32-21-14-18-22(26-19-8-7-17(3)13-20(19)31-23(18)33-21)28-11-9-27(10-12-28)15-25(4,5)24(29)30-6/h7-8,13-14,16H,9-12,15H2,1-6H3. The summed E-state index contributed by atoms with van der Waals surface area (Å²) in [7, 11) is 1.46. The zero-order valence-electron chi connectivity index (χ0n) is 20.3. The molecule has 2 aliphatic rings. The second-order valence-electron chi connectivity index (χ2n) is 9.58. The lowest BCUT2D eigenvalue weighted by atomic mass is 9.92. The number of thioether (sulfide) groups is 1. The first-order chi connectivity index (χ1) is 15.7. The molecule has 2 aromatic rings. The Morgan fingerprint density at radius 2 is 1.97 bits per heavy atom. The molecule has 1 saturated heterocycles. The molecule has 0 saturated carbocycles. The van der Waals surface area contributed by atoms with Crippen molar-refractivity contribution in [2.24, 2.45) is 10.4 Å². The van der Waals surface area contributed by atoms with E-state index in [9.17, 15) is 4.79 Å². The molecule has 0 amide bonds. The molecule has 0 bridgehead atoms. The van der Waals surface area contributed by atoms with Gasteiger partial charge in [0.05, 0.1) is 22.3 Å². The number of hydrogen-bond donors (Lipinski definition) is 0. The fourth-order valence-electron chi connectivity index (χ4n) is 4.20. The molecule has 6 nitrogen and oxygen atoms in total. The largest absolute Gasteiger partial charge is 0.469 e. The molecule has 1 aromatic heterocycles. The van der Waals surface area contributed by atoms with Crippen molar-refractivity contribution in [1.29, 1.82) is 0 Å². The van der Waals surface area contributed by atoms with Crippen molar-refractivity contribution in [3.05, 3.63) is 35.4 Å². The average molecular weight is 488 g/mol. The maximum atomic E-state index is 12.1. The molecule has 0 N–H and O–H groups in total. The summed E-state index contributed by atoms with van der Waals surface area (Å²) >= 11 is 3.56. The third-order valence-corrected chi connectivity index (χ3v) is 8.01. The lowest BCUT2D eigenvalue weighted by Gasteiger charge is -2.39. The highest BCUT2D eigenvalue weighted by atomic mass is 32.2. The summed E-state index contributed by atoms with van der Waals surface area (Å²) < 4.78 is 12.6. The number of methoxy groups -OCH3 is 1. The van der Waals surface area contributed by atoms with Crippen LogP contribution in [-0.2, 0) is 9.53 Å². The first-order valence-electron chi connectivity index (χ1n) is 11.4. The lowest BCUT2D eigenvalue weighted by molar-refractivity contribution is -0.152. The monoisotopic (exact) mass is 487 g/mol. The van der Waals surface area contributed by atoms with Crippen LogP contribution in [0.4, 0.5) is 5.69 Å². The number of thiophene rings is 1. The molecule has 0 radical (unpaired) electrons. The predicted octanol–water partition coefficient (Wildman–Crippen LogP) is 5.56. The maximum absolute atomic E-state index is 12.1. The van der Waals surface area contributed by atoms with Crippen molar-refractivity contribution in [1.82, 2.24) is 9.80 Å². The summed E-state index contributed by atoms with van der Waals surface area (Å²) in [6, 6.07) is 8.41. The molecule has 1 fully saturated rings. The molecule has 3 heterocycles. The van der Waals surface area contributed by atoms with Gasteiger partial charge >= 0.3 is 5.97 Å². The third-order valence-electron chi connectivity index (χ3n) is 5.84. The molecule has 33 heavy (non-hydrogen) atoms. The Morgan fingerprint density at radius 1 is 1.24 bits per heavy atom. The predicted molar refractivity (Wildman–Crippen MR) is 137 cm³/mol. The zero-order valence-corrected chi connectivity index (χ0v) is 21.9. The SMILES string of the molecule is COC(=O)C(C)(C)CN1CCN(C2=Nc3ccc(C)cc3Oc3sc(SC(C)C)cc32)CC1. The van der Waals surface area contributed by atoms with Crippen LogP contribution in [0, 0.1) is 12.3 Å². The van der Waals surface area contributed by atoms with Crippen molar-refractivity contribution in [2.75, 3.05) is 39.8 Å². The Morgan fingerprint density at radius 3 is 2.64 bits per heavy atom. The van der Waals surface area contributed by atoms with E-state index >= 15 is 0 Å². The Bertz CT molecular complexity index is 1050. The summed E-state index contributed by atoms with van der Waals surface area (Å²) in [5.74, 6) is 1.62. The van der Waals surface area contributed by atoms with Gasteiger partial charge in [0.1, 0.15) is 11.5 Å². The van der Waals surface area contributed by atoms with Gasteiger partial charge in [-0.25, -0.2) is 4.99 Å². The van der Waals surface area contributed by atoms with Gasteiger partial charge in [-0.15, -0.1) is 11.8 Å². The van der Waals surface area contributed by atoms with Gasteiger partial charge in [0, 0.05) is 38.0 Å². The molecule has 1 aromatic carbocycles. The third kappa shape index (κ3) is 5.39. The van der Waals surface area contributed by atoms with Gasteiger partial charge in [0.2, 0.25) is 0 Å². The highest BCUT2D eigenvalue weighted by Gasteiger charge is 2.34. The fourth-order valence-corrected chi connectivity index (χ4v) is 6.60. The summed E-state index contributed by atoms with van der Waals surface area (Å²) in [5.41, 5.74) is 2.57. The van der Waals surface area contributed by atoms with Crippen LogP contribution < -0.4 is 4.74 Å². The van der Waals surface area contributed by atoms with Crippen LogP contribution in [0.5, 0.6) is 10.8 Å². The lowest BCUT2D eigenvalue weighted by Crippen LogP contribution is -2.52. The molecule has 178 valence electrons.